The van der Waals surface area contributed by atoms with Gasteiger partial charge in [-0.15, -0.1) is 0 Å². The van der Waals surface area contributed by atoms with Gasteiger partial charge in [0.1, 0.15) is 0 Å². The molecule has 2 aromatic rings. The van der Waals surface area contributed by atoms with Crippen LogP contribution in [0.4, 0.5) is 0 Å². The summed E-state index contributed by atoms with van der Waals surface area (Å²) in [6.07, 6.45) is 6.07. The van der Waals surface area contributed by atoms with E-state index in [0.29, 0.717) is 34.6 Å². The zero-order chi connectivity index (χ0) is 15.0. The van der Waals surface area contributed by atoms with Gasteiger partial charge in [0.15, 0.2) is 5.65 Å². The zero-order valence-corrected chi connectivity index (χ0v) is 12.2. The molecule has 1 N–H and O–H groups in total. The second-order valence-electron chi connectivity index (χ2n) is 5.62. The highest BCUT2D eigenvalue weighted by Crippen LogP contribution is 2.28. The van der Waals surface area contributed by atoms with Crippen LogP contribution >= 0.6 is 0 Å². The van der Waals surface area contributed by atoms with E-state index in [0.717, 1.165) is 19.3 Å². The fourth-order valence-electron chi connectivity index (χ4n) is 2.85. The Labute approximate surface area is 122 Å². The minimum absolute atomic E-state index is 0.229. The van der Waals surface area contributed by atoms with Crippen molar-refractivity contribution in [3.05, 3.63) is 23.5 Å². The van der Waals surface area contributed by atoms with E-state index in [1.54, 1.807) is 6.20 Å². The molecule has 6 nitrogen and oxygen atoms in total. The summed E-state index contributed by atoms with van der Waals surface area (Å²) in [5, 5.41) is 7.24. The molecule has 1 aliphatic heterocycles. The molecular weight excluding hydrogens is 268 g/mol. The van der Waals surface area contributed by atoms with Gasteiger partial charge in [-0.2, -0.15) is 5.10 Å². The molecule has 0 aliphatic carbocycles. The van der Waals surface area contributed by atoms with Gasteiger partial charge in [-0.1, -0.05) is 26.7 Å². The summed E-state index contributed by atoms with van der Waals surface area (Å²) in [5.41, 5.74) is 1.36. The number of aromatic amines is 1. The van der Waals surface area contributed by atoms with Crippen molar-refractivity contribution in [2.75, 3.05) is 6.54 Å². The molecule has 0 fully saturated rings. The van der Waals surface area contributed by atoms with Crippen molar-refractivity contribution < 1.29 is 9.59 Å². The van der Waals surface area contributed by atoms with E-state index >= 15 is 0 Å². The Bertz CT molecular complexity index is 707. The first-order valence-corrected chi connectivity index (χ1v) is 7.31. The Hall–Kier alpha value is -2.24. The number of fused-ring (bicyclic) bond motifs is 3. The van der Waals surface area contributed by atoms with E-state index in [1.807, 2.05) is 0 Å². The van der Waals surface area contributed by atoms with Crippen LogP contribution in [-0.4, -0.2) is 38.4 Å². The molecule has 0 aromatic carbocycles. The summed E-state index contributed by atoms with van der Waals surface area (Å²) in [6, 6.07) is 0. The van der Waals surface area contributed by atoms with Crippen molar-refractivity contribution in [1.82, 2.24) is 20.1 Å². The number of carbonyl (C=O) groups is 2. The van der Waals surface area contributed by atoms with E-state index in [1.165, 1.54) is 11.1 Å². The predicted octanol–water partition coefficient (Wildman–Crippen LogP) is 2.38. The van der Waals surface area contributed by atoms with E-state index in [9.17, 15) is 9.59 Å². The van der Waals surface area contributed by atoms with Gasteiger partial charge in [0.25, 0.3) is 11.8 Å². The molecule has 3 rings (SSSR count). The average Bonchev–Trinajstić information content (AvgIpc) is 3.02. The maximum absolute atomic E-state index is 12.5. The molecule has 0 spiro atoms. The predicted molar refractivity (Wildman–Crippen MR) is 77.9 cm³/mol. The third-order valence-corrected chi connectivity index (χ3v) is 4.04. The summed E-state index contributed by atoms with van der Waals surface area (Å²) < 4.78 is 0. The number of hydrogen-bond donors (Lipinski definition) is 1. The first-order chi connectivity index (χ1) is 10.1. The van der Waals surface area contributed by atoms with Crippen LogP contribution in [0.15, 0.2) is 12.4 Å². The summed E-state index contributed by atoms with van der Waals surface area (Å²) >= 11 is 0. The van der Waals surface area contributed by atoms with Crippen LogP contribution in [0, 0.1) is 5.92 Å². The molecule has 2 amide bonds. The van der Waals surface area contributed by atoms with Crippen molar-refractivity contribution in [2.24, 2.45) is 5.92 Å². The van der Waals surface area contributed by atoms with Crippen LogP contribution in [0.25, 0.3) is 11.0 Å². The van der Waals surface area contributed by atoms with Gasteiger partial charge in [-0.3, -0.25) is 19.6 Å². The van der Waals surface area contributed by atoms with Gasteiger partial charge in [0, 0.05) is 12.7 Å². The number of nitrogens with zero attached hydrogens (tertiary/aromatic N) is 3. The standard InChI is InChI=1S/C15H18N4O2/c1-3-4-9(2)5-6-19-14(20)11-7-16-13-10(8-17-18-13)12(11)15(19)21/h7-9H,3-6H2,1-2H3,(H,16,17,18). The Kier molecular flexibility index (Phi) is 3.45. The SMILES string of the molecule is CCCC(C)CCN1C(=O)c2cnc3[nH]ncc3c2C1=O. The lowest BCUT2D eigenvalue weighted by atomic mass is 10.0. The van der Waals surface area contributed by atoms with Crippen molar-refractivity contribution in [3.8, 4) is 0 Å². The monoisotopic (exact) mass is 286 g/mol. The van der Waals surface area contributed by atoms with Crippen molar-refractivity contribution in [2.45, 2.75) is 33.1 Å². The molecule has 3 heterocycles. The maximum Gasteiger partial charge on any atom is 0.263 e. The molecule has 110 valence electrons. The fourth-order valence-corrected chi connectivity index (χ4v) is 2.85. The minimum Gasteiger partial charge on any atom is -0.274 e. The molecule has 0 radical (unpaired) electrons. The number of nitrogens with one attached hydrogen (secondary N) is 1. The van der Waals surface area contributed by atoms with Crippen LogP contribution < -0.4 is 0 Å². The molecular formula is C15H18N4O2. The van der Waals surface area contributed by atoms with Crippen LogP contribution in [0.1, 0.15) is 53.8 Å². The van der Waals surface area contributed by atoms with Crippen molar-refractivity contribution >= 4 is 22.8 Å². The molecule has 0 saturated heterocycles. The third kappa shape index (κ3) is 2.20. The Balaban J connectivity index is 1.86. The molecule has 21 heavy (non-hydrogen) atoms. The molecule has 0 bridgehead atoms. The third-order valence-electron chi connectivity index (χ3n) is 4.04. The fraction of sp³-hybridized carbons (Fsp3) is 0.467. The van der Waals surface area contributed by atoms with Crippen molar-refractivity contribution in [1.29, 1.82) is 0 Å². The quantitative estimate of drug-likeness (QED) is 0.856. The highest BCUT2D eigenvalue weighted by Gasteiger charge is 2.37. The number of H-pyrrole nitrogens is 1. The Morgan fingerprint density at radius 2 is 2.05 bits per heavy atom. The average molecular weight is 286 g/mol. The Morgan fingerprint density at radius 1 is 1.24 bits per heavy atom. The van der Waals surface area contributed by atoms with E-state index in [2.05, 4.69) is 29.0 Å². The van der Waals surface area contributed by atoms with Crippen LogP contribution in [-0.2, 0) is 0 Å². The largest absolute Gasteiger partial charge is 0.274 e. The van der Waals surface area contributed by atoms with Gasteiger partial charge in [0.2, 0.25) is 0 Å². The Morgan fingerprint density at radius 3 is 2.81 bits per heavy atom. The number of rotatable bonds is 5. The maximum atomic E-state index is 12.5. The highest BCUT2D eigenvalue weighted by molar-refractivity contribution is 6.25. The highest BCUT2D eigenvalue weighted by atomic mass is 16.2. The van der Waals surface area contributed by atoms with Gasteiger partial charge in [-0.25, -0.2) is 4.98 Å². The zero-order valence-electron chi connectivity index (χ0n) is 12.2. The number of amides is 2. The summed E-state index contributed by atoms with van der Waals surface area (Å²) in [6.45, 7) is 4.75. The first-order valence-electron chi connectivity index (χ1n) is 7.31. The normalized spacial score (nSPS) is 15.8. The molecule has 1 aliphatic rings. The smallest absolute Gasteiger partial charge is 0.263 e. The molecule has 6 heteroatoms. The summed E-state index contributed by atoms with van der Waals surface area (Å²) in [5.74, 6) is 0.0354. The molecule has 1 unspecified atom stereocenters. The van der Waals surface area contributed by atoms with Crippen LogP contribution in [0.3, 0.4) is 0 Å². The van der Waals surface area contributed by atoms with Gasteiger partial charge in [-0.05, 0) is 12.3 Å². The molecule has 1 atom stereocenters. The topological polar surface area (TPSA) is 79.0 Å². The lowest BCUT2D eigenvalue weighted by molar-refractivity contribution is 0.0646. The number of aromatic nitrogens is 3. The van der Waals surface area contributed by atoms with Gasteiger partial charge < -0.3 is 0 Å². The second-order valence-corrected chi connectivity index (χ2v) is 5.62. The van der Waals surface area contributed by atoms with E-state index in [-0.39, 0.29) is 11.8 Å². The molecule has 2 aromatic heterocycles. The van der Waals surface area contributed by atoms with E-state index < -0.39 is 0 Å². The summed E-state index contributed by atoms with van der Waals surface area (Å²) in [7, 11) is 0. The second kappa shape index (κ2) is 5.27. The van der Waals surface area contributed by atoms with Crippen LogP contribution in [0.2, 0.25) is 0 Å². The van der Waals surface area contributed by atoms with Crippen LogP contribution in [0.5, 0.6) is 0 Å². The van der Waals surface area contributed by atoms with Gasteiger partial charge >= 0.3 is 0 Å². The lowest BCUT2D eigenvalue weighted by Crippen LogP contribution is -2.31. The van der Waals surface area contributed by atoms with Gasteiger partial charge in [0.05, 0.1) is 22.7 Å². The first kappa shape index (κ1) is 13.7. The number of carbonyl (C=O) groups excluding carboxylic acids is 2. The number of imide groups is 1. The number of pyridine rings is 1. The molecule has 0 saturated carbocycles. The lowest BCUT2D eigenvalue weighted by Gasteiger charge is -2.16. The number of hydrogen-bond acceptors (Lipinski definition) is 4. The summed E-state index contributed by atoms with van der Waals surface area (Å²) in [4.78, 5) is 30.4. The van der Waals surface area contributed by atoms with E-state index in [4.69, 9.17) is 0 Å². The minimum atomic E-state index is -0.241. The van der Waals surface area contributed by atoms with Crippen molar-refractivity contribution in [3.63, 3.8) is 0 Å².